The summed E-state index contributed by atoms with van der Waals surface area (Å²) in [7, 11) is -4.59. The third kappa shape index (κ3) is 27.1. The maximum atomic E-state index is 12.8. The minimum Gasteiger partial charge on any atom is -0.462 e. The second kappa shape index (κ2) is 32.5. The van der Waals surface area contributed by atoms with E-state index < -0.39 is 71.2 Å². The van der Waals surface area contributed by atoms with Gasteiger partial charge in [-0.1, -0.05) is 148 Å². The molecular formula is C41H76O12S. The summed E-state index contributed by atoms with van der Waals surface area (Å²) in [6.45, 7) is 3.71. The fourth-order valence-corrected chi connectivity index (χ4v) is 7.17. The SMILES string of the molecule is CCCC/C=C/CCCCCCCCCCCC(=O)O[C@H](COC(=O)CCCCCCCCCCCCC)CO[C@H]1O[C@H](CS(=O)(=O)O)[C@@H](O)C(O)C1O. The van der Waals surface area contributed by atoms with Gasteiger partial charge in [-0.3, -0.25) is 14.1 Å². The van der Waals surface area contributed by atoms with Crippen molar-refractivity contribution in [1.29, 1.82) is 0 Å². The molecule has 1 fully saturated rings. The van der Waals surface area contributed by atoms with Crippen molar-refractivity contribution in [2.24, 2.45) is 0 Å². The molecule has 0 saturated carbocycles. The van der Waals surface area contributed by atoms with Crippen molar-refractivity contribution in [3.8, 4) is 0 Å². The van der Waals surface area contributed by atoms with Crippen LogP contribution in [0.1, 0.15) is 181 Å². The molecular weight excluding hydrogens is 717 g/mol. The lowest BCUT2D eigenvalue weighted by Gasteiger charge is -2.40. The van der Waals surface area contributed by atoms with E-state index >= 15 is 0 Å². The molecule has 0 spiro atoms. The molecule has 1 rings (SSSR count). The van der Waals surface area contributed by atoms with Crippen molar-refractivity contribution in [1.82, 2.24) is 0 Å². The van der Waals surface area contributed by atoms with Gasteiger partial charge < -0.3 is 34.3 Å². The molecule has 2 unspecified atom stereocenters. The Labute approximate surface area is 326 Å². The molecule has 0 aromatic carbocycles. The predicted molar refractivity (Wildman–Crippen MR) is 210 cm³/mol. The van der Waals surface area contributed by atoms with Crippen LogP contribution in [-0.2, 0) is 38.7 Å². The summed E-state index contributed by atoms with van der Waals surface area (Å²) in [6, 6.07) is 0. The molecule has 0 radical (unpaired) electrons. The van der Waals surface area contributed by atoms with E-state index in [1.807, 2.05) is 0 Å². The van der Waals surface area contributed by atoms with Gasteiger partial charge in [0, 0.05) is 12.8 Å². The van der Waals surface area contributed by atoms with E-state index in [9.17, 15) is 37.9 Å². The van der Waals surface area contributed by atoms with E-state index in [-0.39, 0.29) is 19.4 Å². The number of carbonyl (C=O) groups excluding carboxylic acids is 2. The van der Waals surface area contributed by atoms with E-state index in [0.29, 0.717) is 12.8 Å². The quantitative estimate of drug-likeness (QED) is 0.0211. The first-order chi connectivity index (χ1) is 26.0. The Morgan fingerprint density at radius 1 is 0.611 bits per heavy atom. The predicted octanol–water partition coefficient (Wildman–Crippen LogP) is 7.89. The number of hydrogen-bond donors (Lipinski definition) is 4. The highest BCUT2D eigenvalue weighted by Crippen LogP contribution is 2.24. The van der Waals surface area contributed by atoms with E-state index in [1.54, 1.807) is 0 Å². The Morgan fingerprint density at radius 3 is 1.59 bits per heavy atom. The average Bonchev–Trinajstić information content (AvgIpc) is 3.13. The van der Waals surface area contributed by atoms with Crippen molar-refractivity contribution in [3.63, 3.8) is 0 Å². The highest BCUT2D eigenvalue weighted by molar-refractivity contribution is 7.85. The number of aliphatic hydroxyl groups excluding tert-OH is 3. The summed E-state index contributed by atoms with van der Waals surface area (Å²) in [4.78, 5) is 25.3. The number of hydrogen-bond acceptors (Lipinski definition) is 11. The standard InChI is InChI=1S/C41H76O12S/c1-3-5-7-9-11-13-15-16-17-18-20-22-24-26-28-30-37(43)52-34(31-50-36(42)29-27-25-23-21-19-14-12-10-8-6-4-2)32-51-41-40(46)39(45)38(44)35(53-41)33-54(47,48)49/h9,11,34-35,38-41,44-46H,3-8,10,12-33H2,1-2H3,(H,47,48,49)/b11-9+/t34-,35-,38-,39?,40?,41+/m1/s1. The first-order valence-corrected chi connectivity index (χ1v) is 22.9. The molecule has 1 aliphatic rings. The van der Waals surface area contributed by atoms with Crippen LogP contribution < -0.4 is 0 Å². The summed E-state index contributed by atoms with van der Waals surface area (Å²) in [6.07, 6.45) is 22.6. The van der Waals surface area contributed by atoms with Crippen LogP contribution in [0.4, 0.5) is 0 Å². The minimum absolute atomic E-state index is 0.166. The molecule has 0 bridgehead atoms. The van der Waals surface area contributed by atoms with Gasteiger partial charge in [0.25, 0.3) is 10.1 Å². The lowest BCUT2D eigenvalue weighted by molar-refractivity contribution is -0.297. The second-order valence-electron chi connectivity index (χ2n) is 15.0. The normalized spacial score (nSPS) is 21.0. The largest absolute Gasteiger partial charge is 0.462 e. The molecule has 0 aliphatic carbocycles. The Bertz CT molecular complexity index is 1070. The molecule has 0 aromatic rings. The van der Waals surface area contributed by atoms with Crippen LogP contribution in [0.15, 0.2) is 12.2 Å². The van der Waals surface area contributed by atoms with Gasteiger partial charge in [0.2, 0.25) is 0 Å². The number of ether oxygens (including phenoxy) is 4. The molecule has 13 heteroatoms. The highest BCUT2D eigenvalue weighted by atomic mass is 32.2. The molecule has 54 heavy (non-hydrogen) atoms. The molecule has 318 valence electrons. The van der Waals surface area contributed by atoms with Crippen molar-refractivity contribution in [2.75, 3.05) is 19.0 Å². The molecule has 1 saturated heterocycles. The van der Waals surface area contributed by atoms with Gasteiger partial charge in [0.1, 0.15) is 36.8 Å². The van der Waals surface area contributed by atoms with Gasteiger partial charge in [0.05, 0.1) is 6.61 Å². The number of rotatable bonds is 35. The van der Waals surface area contributed by atoms with Crippen LogP contribution in [0, 0.1) is 0 Å². The molecule has 0 amide bonds. The smallest absolute Gasteiger partial charge is 0.306 e. The number of unbranched alkanes of at least 4 members (excludes halogenated alkanes) is 21. The van der Waals surface area contributed by atoms with Crippen molar-refractivity contribution in [2.45, 2.75) is 218 Å². The van der Waals surface area contributed by atoms with Gasteiger partial charge in [0.15, 0.2) is 12.4 Å². The number of carbonyl (C=O) groups is 2. The maximum Gasteiger partial charge on any atom is 0.306 e. The lowest BCUT2D eigenvalue weighted by atomic mass is 10.00. The zero-order valence-corrected chi connectivity index (χ0v) is 34.4. The number of aliphatic hydroxyl groups is 3. The first-order valence-electron chi connectivity index (χ1n) is 21.2. The lowest BCUT2D eigenvalue weighted by Crippen LogP contribution is -2.60. The van der Waals surface area contributed by atoms with Crippen molar-refractivity contribution >= 4 is 22.1 Å². The summed E-state index contributed by atoms with van der Waals surface area (Å²) >= 11 is 0. The zero-order valence-electron chi connectivity index (χ0n) is 33.6. The van der Waals surface area contributed by atoms with Gasteiger partial charge >= 0.3 is 11.9 Å². The van der Waals surface area contributed by atoms with Gasteiger partial charge in [-0.2, -0.15) is 8.42 Å². The summed E-state index contributed by atoms with van der Waals surface area (Å²) in [5.41, 5.74) is 0. The number of esters is 2. The Balaban J connectivity index is 2.47. The monoisotopic (exact) mass is 793 g/mol. The molecule has 4 N–H and O–H groups in total. The number of allylic oxidation sites excluding steroid dienone is 2. The second-order valence-corrected chi connectivity index (χ2v) is 16.5. The van der Waals surface area contributed by atoms with Gasteiger partial charge in [-0.25, -0.2) is 0 Å². The highest BCUT2D eigenvalue weighted by Gasteiger charge is 2.46. The molecule has 1 heterocycles. The Morgan fingerprint density at radius 2 is 1.07 bits per heavy atom. The van der Waals surface area contributed by atoms with E-state index in [4.69, 9.17) is 18.9 Å². The third-order valence-electron chi connectivity index (χ3n) is 9.85. The van der Waals surface area contributed by atoms with Crippen LogP contribution in [0.5, 0.6) is 0 Å². The van der Waals surface area contributed by atoms with E-state index in [0.717, 1.165) is 44.9 Å². The van der Waals surface area contributed by atoms with Crippen LogP contribution in [-0.4, -0.2) is 96.0 Å². The van der Waals surface area contributed by atoms with Gasteiger partial charge in [-0.15, -0.1) is 0 Å². The summed E-state index contributed by atoms with van der Waals surface area (Å²) in [5, 5.41) is 30.8. The fraction of sp³-hybridized carbons (Fsp3) is 0.902. The van der Waals surface area contributed by atoms with E-state index in [2.05, 4.69) is 26.0 Å². The van der Waals surface area contributed by atoms with Crippen LogP contribution in [0.2, 0.25) is 0 Å². The maximum absolute atomic E-state index is 12.8. The topological polar surface area (TPSA) is 186 Å². The van der Waals surface area contributed by atoms with Crippen molar-refractivity contribution in [3.05, 3.63) is 12.2 Å². The van der Waals surface area contributed by atoms with E-state index in [1.165, 1.54) is 96.3 Å². The summed E-state index contributed by atoms with van der Waals surface area (Å²) < 4.78 is 53.9. The minimum atomic E-state index is -4.59. The third-order valence-corrected chi connectivity index (χ3v) is 10.6. The average molecular weight is 793 g/mol. The molecule has 12 nitrogen and oxygen atoms in total. The first kappa shape index (κ1) is 50.4. The Kier molecular flexibility index (Phi) is 30.3. The molecule has 0 aromatic heterocycles. The van der Waals surface area contributed by atoms with Gasteiger partial charge in [-0.05, 0) is 32.1 Å². The Hall–Kier alpha value is -1.61. The van der Waals surface area contributed by atoms with Crippen LogP contribution >= 0.6 is 0 Å². The van der Waals surface area contributed by atoms with Crippen LogP contribution in [0.25, 0.3) is 0 Å². The zero-order chi connectivity index (χ0) is 39.9. The molecule has 6 atom stereocenters. The fourth-order valence-electron chi connectivity index (χ4n) is 6.48. The van der Waals surface area contributed by atoms with Crippen LogP contribution in [0.3, 0.4) is 0 Å². The van der Waals surface area contributed by atoms with Crippen molar-refractivity contribution < 1.29 is 56.8 Å². The molecule has 1 aliphatic heterocycles. The summed E-state index contributed by atoms with van der Waals surface area (Å²) in [5.74, 6) is -1.98.